The van der Waals surface area contributed by atoms with E-state index in [2.05, 4.69) is 0 Å². The maximum absolute atomic E-state index is 11.4. The lowest BCUT2D eigenvalue weighted by molar-refractivity contribution is 0.0693. The lowest BCUT2D eigenvalue weighted by Gasteiger charge is -2.14. The van der Waals surface area contributed by atoms with Gasteiger partial charge in [0, 0.05) is 5.56 Å². The van der Waals surface area contributed by atoms with E-state index in [1.54, 1.807) is 6.07 Å². The summed E-state index contributed by atoms with van der Waals surface area (Å²) >= 11 is 0. The number of carbonyl (C=O) groups is 1. The number of carboxylic acids is 1. The van der Waals surface area contributed by atoms with Crippen LogP contribution in [0.1, 0.15) is 45.8 Å². The molecule has 108 valence electrons. The van der Waals surface area contributed by atoms with Crippen molar-refractivity contribution in [3.63, 3.8) is 0 Å². The maximum Gasteiger partial charge on any atom is 0.336 e. The third-order valence-corrected chi connectivity index (χ3v) is 3.93. The summed E-state index contributed by atoms with van der Waals surface area (Å²) in [4.78, 5) is 11.4. The molecule has 2 aromatic rings. The van der Waals surface area contributed by atoms with Gasteiger partial charge in [-0.1, -0.05) is 30.3 Å². The summed E-state index contributed by atoms with van der Waals surface area (Å²) in [5, 5.41) is 9.39. The molecule has 3 heteroatoms. The Balaban J connectivity index is 1.90. The van der Waals surface area contributed by atoms with E-state index in [0.717, 1.165) is 35.3 Å². The van der Waals surface area contributed by atoms with Crippen LogP contribution in [0, 0.1) is 6.92 Å². The first kappa shape index (κ1) is 13.7. The van der Waals surface area contributed by atoms with E-state index in [1.165, 1.54) is 0 Å². The highest BCUT2D eigenvalue weighted by Crippen LogP contribution is 2.42. The van der Waals surface area contributed by atoms with Gasteiger partial charge in [-0.3, -0.25) is 0 Å². The predicted molar refractivity (Wildman–Crippen MR) is 80.9 cm³/mol. The van der Waals surface area contributed by atoms with E-state index >= 15 is 0 Å². The van der Waals surface area contributed by atoms with Crippen molar-refractivity contribution in [2.75, 3.05) is 0 Å². The van der Waals surface area contributed by atoms with Crippen LogP contribution in [0.4, 0.5) is 0 Å². The fraction of sp³-hybridized carbons (Fsp3) is 0.278. The number of benzene rings is 2. The quantitative estimate of drug-likeness (QED) is 0.896. The van der Waals surface area contributed by atoms with Crippen molar-refractivity contribution in [2.24, 2.45) is 0 Å². The highest BCUT2D eigenvalue weighted by molar-refractivity contribution is 5.89. The summed E-state index contributed by atoms with van der Waals surface area (Å²) < 4.78 is 5.87. The largest absolute Gasteiger partial charge is 0.489 e. The van der Waals surface area contributed by atoms with Crippen LogP contribution >= 0.6 is 0 Å². The molecule has 0 bridgehead atoms. The Morgan fingerprint density at radius 2 is 1.95 bits per heavy atom. The summed E-state index contributed by atoms with van der Waals surface area (Å²) in [6.07, 6.45) is 2.28. The van der Waals surface area contributed by atoms with Crippen LogP contribution < -0.4 is 4.74 Å². The van der Waals surface area contributed by atoms with Crippen molar-refractivity contribution < 1.29 is 14.6 Å². The van der Waals surface area contributed by atoms with Gasteiger partial charge >= 0.3 is 5.97 Å². The smallest absolute Gasteiger partial charge is 0.336 e. The summed E-state index contributed by atoms with van der Waals surface area (Å²) in [6.45, 7) is 2.29. The highest BCUT2D eigenvalue weighted by Gasteiger charge is 2.28. The minimum absolute atomic E-state index is 0.305. The van der Waals surface area contributed by atoms with Gasteiger partial charge in [0.25, 0.3) is 0 Å². The van der Waals surface area contributed by atoms with E-state index < -0.39 is 5.97 Å². The topological polar surface area (TPSA) is 46.5 Å². The second-order valence-corrected chi connectivity index (χ2v) is 5.51. The van der Waals surface area contributed by atoms with Crippen LogP contribution in [0.5, 0.6) is 5.75 Å². The number of aromatic carboxylic acids is 1. The molecule has 21 heavy (non-hydrogen) atoms. The molecule has 1 N–H and O–H groups in total. The second-order valence-electron chi connectivity index (χ2n) is 5.51. The maximum atomic E-state index is 11.4. The Labute approximate surface area is 124 Å². The zero-order valence-electron chi connectivity index (χ0n) is 12.0. The van der Waals surface area contributed by atoms with Gasteiger partial charge in [-0.15, -0.1) is 0 Å². The lowest BCUT2D eigenvalue weighted by atomic mass is 9.98. The van der Waals surface area contributed by atoms with E-state index in [4.69, 9.17) is 4.74 Å². The number of carboxylic acid groups (broad SMARTS) is 1. The van der Waals surface area contributed by atoms with Crippen LogP contribution in [0.25, 0.3) is 0 Å². The van der Waals surface area contributed by atoms with E-state index in [1.807, 2.05) is 43.3 Å². The summed E-state index contributed by atoms with van der Waals surface area (Å²) in [5.74, 6) is 0.417. The third-order valence-electron chi connectivity index (χ3n) is 3.93. The van der Waals surface area contributed by atoms with Gasteiger partial charge in [0.1, 0.15) is 12.4 Å². The summed E-state index contributed by atoms with van der Waals surface area (Å²) in [7, 11) is 0. The summed E-state index contributed by atoms with van der Waals surface area (Å²) in [5.41, 5.74) is 3.35. The molecule has 0 aliphatic heterocycles. The van der Waals surface area contributed by atoms with Crippen LogP contribution in [0.15, 0.2) is 42.5 Å². The van der Waals surface area contributed by atoms with Crippen LogP contribution in [-0.4, -0.2) is 11.1 Å². The van der Waals surface area contributed by atoms with Gasteiger partial charge in [0.15, 0.2) is 0 Å². The van der Waals surface area contributed by atoms with Crippen LogP contribution in [0.3, 0.4) is 0 Å². The molecule has 0 saturated heterocycles. The molecule has 0 atom stereocenters. The first-order chi connectivity index (χ1) is 10.2. The molecule has 3 nitrogen and oxygen atoms in total. The van der Waals surface area contributed by atoms with Crippen LogP contribution in [-0.2, 0) is 6.61 Å². The van der Waals surface area contributed by atoms with E-state index in [9.17, 15) is 9.90 Å². The Bertz CT molecular complexity index is 672. The number of rotatable bonds is 5. The molecule has 0 heterocycles. The summed E-state index contributed by atoms with van der Waals surface area (Å²) in [6, 6.07) is 13.3. The Hall–Kier alpha value is -2.29. The molecule has 1 aliphatic rings. The minimum Gasteiger partial charge on any atom is -0.489 e. The molecule has 0 radical (unpaired) electrons. The molecular weight excluding hydrogens is 264 g/mol. The van der Waals surface area contributed by atoms with Crippen molar-refractivity contribution in [3.05, 3.63) is 64.7 Å². The van der Waals surface area contributed by atoms with Crippen molar-refractivity contribution in [2.45, 2.75) is 32.3 Å². The fourth-order valence-corrected chi connectivity index (χ4v) is 2.61. The number of ether oxygens (including phenoxy) is 1. The first-order valence-electron chi connectivity index (χ1n) is 7.20. The molecule has 0 amide bonds. The average molecular weight is 282 g/mol. The minimum atomic E-state index is -0.888. The van der Waals surface area contributed by atoms with E-state index in [-0.39, 0.29) is 0 Å². The van der Waals surface area contributed by atoms with Gasteiger partial charge in [-0.2, -0.15) is 0 Å². The first-order valence-corrected chi connectivity index (χ1v) is 7.20. The molecule has 0 spiro atoms. The molecule has 2 aromatic carbocycles. The zero-order chi connectivity index (χ0) is 14.8. The molecule has 1 saturated carbocycles. The lowest BCUT2D eigenvalue weighted by Crippen LogP contribution is -2.09. The zero-order valence-corrected chi connectivity index (χ0v) is 12.0. The van der Waals surface area contributed by atoms with Gasteiger partial charge in [-0.05, 0) is 48.9 Å². The normalized spacial score (nSPS) is 14.0. The van der Waals surface area contributed by atoms with Crippen molar-refractivity contribution >= 4 is 5.97 Å². The third kappa shape index (κ3) is 2.92. The number of hydrogen-bond donors (Lipinski definition) is 1. The number of hydrogen-bond acceptors (Lipinski definition) is 2. The van der Waals surface area contributed by atoms with Gasteiger partial charge in [0.2, 0.25) is 0 Å². The molecular formula is C18H18O3. The molecule has 1 aliphatic carbocycles. The molecule has 0 unspecified atom stereocenters. The van der Waals surface area contributed by atoms with Crippen molar-refractivity contribution in [1.82, 2.24) is 0 Å². The molecule has 0 aromatic heterocycles. The molecule has 3 rings (SSSR count). The van der Waals surface area contributed by atoms with Gasteiger partial charge in [-0.25, -0.2) is 4.79 Å². The predicted octanol–water partition coefficient (Wildman–Crippen LogP) is 4.15. The van der Waals surface area contributed by atoms with Crippen LogP contribution in [0.2, 0.25) is 0 Å². The highest BCUT2D eigenvalue weighted by atomic mass is 16.5. The van der Waals surface area contributed by atoms with Crippen molar-refractivity contribution in [1.29, 1.82) is 0 Å². The van der Waals surface area contributed by atoms with Gasteiger partial charge < -0.3 is 9.84 Å². The number of aryl methyl sites for hydroxylation is 1. The Morgan fingerprint density at radius 3 is 2.62 bits per heavy atom. The van der Waals surface area contributed by atoms with Crippen molar-refractivity contribution in [3.8, 4) is 5.75 Å². The monoisotopic (exact) mass is 282 g/mol. The molecule has 1 fully saturated rings. The van der Waals surface area contributed by atoms with Gasteiger partial charge in [0.05, 0.1) is 5.56 Å². The SMILES string of the molecule is Cc1ccccc1OCc1c(C(=O)O)cccc1C1CC1. The average Bonchev–Trinajstić information content (AvgIpc) is 3.30. The second kappa shape index (κ2) is 5.60. The Morgan fingerprint density at radius 1 is 1.19 bits per heavy atom. The fourth-order valence-electron chi connectivity index (χ4n) is 2.61. The standard InChI is InChI=1S/C18H18O3/c1-12-5-2-3-8-17(12)21-11-16-14(13-9-10-13)6-4-7-15(16)18(19)20/h2-8,13H,9-11H2,1H3,(H,19,20). The Kier molecular flexibility index (Phi) is 3.65. The van der Waals surface area contributed by atoms with E-state index in [0.29, 0.717) is 18.1 Å². The number of para-hydroxylation sites is 1.